The Bertz CT molecular complexity index is 1200. The van der Waals surface area contributed by atoms with Crippen molar-refractivity contribution in [3.05, 3.63) is 59.4 Å². The lowest BCUT2D eigenvalue weighted by Crippen LogP contribution is -1.96. The number of ether oxygens (including phenoxy) is 2. The molecule has 0 saturated heterocycles. The number of fused-ring (bicyclic) bond motifs is 1. The fourth-order valence-corrected chi connectivity index (χ4v) is 5.16. The van der Waals surface area contributed by atoms with Crippen molar-refractivity contribution in [2.45, 2.75) is 29.5 Å². The molecule has 0 unspecified atom stereocenters. The van der Waals surface area contributed by atoms with Gasteiger partial charge >= 0.3 is 0 Å². The molecule has 0 aliphatic heterocycles. The van der Waals surface area contributed by atoms with Gasteiger partial charge in [-0.1, -0.05) is 30.0 Å². The van der Waals surface area contributed by atoms with Crippen LogP contribution >= 0.6 is 23.1 Å². The van der Waals surface area contributed by atoms with Crippen molar-refractivity contribution in [1.82, 2.24) is 15.0 Å². The van der Waals surface area contributed by atoms with Crippen LogP contribution < -0.4 is 9.47 Å². The van der Waals surface area contributed by atoms with E-state index in [-0.39, 0.29) is 0 Å². The van der Waals surface area contributed by atoms with Crippen LogP contribution in [-0.2, 0) is 5.75 Å². The summed E-state index contributed by atoms with van der Waals surface area (Å²) >= 11 is 3.37. The van der Waals surface area contributed by atoms with Gasteiger partial charge in [0.25, 0.3) is 0 Å². The predicted molar refractivity (Wildman–Crippen MR) is 122 cm³/mol. The number of benzene rings is 2. The van der Waals surface area contributed by atoms with Gasteiger partial charge in [-0.3, -0.25) is 0 Å². The van der Waals surface area contributed by atoms with Crippen LogP contribution in [0.5, 0.6) is 11.5 Å². The fraction of sp³-hybridized carbons (Fsp3) is 0.261. The Morgan fingerprint density at radius 1 is 1.00 bits per heavy atom. The summed E-state index contributed by atoms with van der Waals surface area (Å²) in [5, 5.41) is 5.24. The molecule has 2 aromatic heterocycles. The van der Waals surface area contributed by atoms with Crippen LogP contribution in [0, 0.1) is 0 Å². The van der Waals surface area contributed by atoms with Crippen molar-refractivity contribution in [2.75, 3.05) is 14.2 Å². The normalized spacial score (nSPS) is 13.5. The minimum atomic E-state index is 0.532. The van der Waals surface area contributed by atoms with Crippen molar-refractivity contribution in [1.29, 1.82) is 0 Å². The first-order valence-corrected chi connectivity index (χ1v) is 11.7. The molecule has 1 fully saturated rings. The largest absolute Gasteiger partial charge is 0.493 e. The summed E-state index contributed by atoms with van der Waals surface area (Å²) in [4.78, 5) is 14.5. The van der Waals surface area contributed by atoms with Crippen LogP contribution in [-0.4, -0.2) is 29.2 Å². The molecule has 1 aliphatic carbocycles. The molecule has 1 saturated carbocycles. The summed E-state index contributed by atoms with van der Waals surface area (Å²) in [6, 6.07) is 14.2. The average Bonchev–Trinajstić information content (AvgIpc) is 3.54. The Morgan fingerprint density at radius 2 is 1.83 bits per heavy atom. The monoisotopic (exact) mass is 435 g/mol. The van der Waals surface area contributed by atoms with Gasteiger partial charge in [-0.2, -0.15) is 0 Å². The Balaban J connectivity index is 1.38. The quantitative estimate of drug-likeness (QED) is 0.264. The third-order valence-corrected chi connectivity index (χ3v) is 7.03. The van der Waals surface area contributed by atoms with Crippen LogP contribution in [0.15, 0.2) is 52.9 Å². The maximum absolute atomic E-state index is 5.42. The van der Waals surface area contributed by atoms with E-state index >= 15 is 0 Å². The maximum Gasteiger partial charge on any atom is 0.161 e. The first kappa shape index (κ1) is 19.3. The molecule has 2 aromatic carbocycles. The van der Waals surface area contributed by atoms with Crippen molar-refractivity contribution >= 4 is 34.0 Å². The minimum absolute atomic E-state index is 0.532. The smallest absolute Gasteiger partial charge is 0.161 e. The Kier molecular flexibility index (Phi) is 5.31. The fourth-order valence-electron chi connectivity index (χ4n) is 3.32. The van der Waals surface area contributed by atoms with E-state index in [9.17, 15) is 0 Å². The lowest BCUT2D eigenvalue weighted by molar-refractivity contribution is 0.355. The summed E-state index contributed by atoms with van der Waals surface area (Å²) in [6.45, 7) is 0. The van der Waals surface area contributed by atoms with Crippen LogP contribution in [0.25, 0.3) is 21.5 Å². The zero-order valence-corrected chi connectivity index (χ0v) is 18.4. The molecule has 0 amide bonds. The number of rotatable bonds is 7. The lowest BCUT2D eigenvalue weighted by atomic mass is 10.2. The molecule has 0 spiro atoms. The molecule has 7 heteroatoms. The number of hydrogen-bond donors (Lipinski definition) is 0. The molecule has 5 nitrogen and oxygen atoms in total. The molecule has 5 rings (SSSR count). The van der Waals surface area contributed by atoms with E-state index in [1.807, 2.05) is 30.3 Å². The highest BCUT2D eigenvalue weighted by Crippen LogP contribution is 2.40. The van der Waals surface area contributed by atoms with Gasteiger partial charge in [0.05, 0.1) is 25.4 Å². The van der Waals surface area contributed by atoms with Gasteiger partial charge in [-0.15, -0.1) is 11.3 Å². The number of hydrogen-bond acceptors (Lipinski definition) is 7. The van der Waals surface area contributed by atoms with Crippen molar-refractivity contribution in [2.24, 2.45) is 0 Å². The van der Waals surface area contributed by atoms with E-state index in [0.29, 0.717) is 11.7 Å². The van der Waals surface area contributed by atoms with Crippen LogP contribution in [0.3, 0.4) is 0 Å². The standard InChI is InChI=1S/C23H21N3O2S2/c1-27-19-10-9-15(11-20(19)28-2)22-24-16(12-29-22)13-30-23-17-5-3-4-6-18(17)25-21(26-23)14-7-8-14/h3-6,9-12,14H,7-8,13H2,1-2H3. The SMILES string of the molecule is COc1ccc(-c2nc(CSc3nc(C4CC4)nc4ccccc34)cs2)cc1OC. The van der Waals surface area contributed by atoms with Crippen molar-refractivity contribution < 1.29 is 9.47 Å². The maximum atomic E-state index is 5.42. The Morgan fingerprint density at radius 3 is 2.63 bits per heavy atom. The molecule has 0 N–H and O–H groups in total. The molecule has 30 heavy (non-hydrogen) atoms. The number of nitrogens with zero attached hydrogens (tertiary/aromatic N) is 3. The number of thioether (sulfide) groups is 1. The first-order valence-electron chi connectivity index (χ1n) is 9.81. The third kappa shape index (κ3) is 3.87. The second-order valence-corrected chi connectivity index (χ2v) is 9.00. The number of methoxy groups -OCH3 is 2. The highest BCUT2D eigenvalue weighted by atomic mass is 32.2. The highest BCUT2D eigenvalue weighted by Gasteiger charge is 2.27. The predicted octanol–water partition coefficient (Wildman–Crippen LogP) is 5.94. The van der Waals surface area contributed by atoms with Crippen molar-refractivity contribution in [3.8, 4) is 22.1 Å². The molecule has 2 heterocycles. The van der Waals surface area contributed by atoms with Gasteiger partial charge in [0.1, 0.15) is 15.9 Å². The van der Waals surface area contributed by atoms with Crippen LogP contribution in [0.1, 0.15) is 30.3 Å². The summed E-state index contributed by atoms with van der Waals surface area (Å²) < 4.78 is 10.7. The summed E-state index contributed by atoms with van der Waals surface area (Å²) in [5.41, 5.74) is 3.10. The summed E-state index contributed by atoms with van der Waals surface area (Å²) in [7, 11) is 3.29. The lowest BCUT2D eigenvalue weighted by Gasteiger charge is -2.08. The molecule has 0 atom stereocenters. The summed E-state index contributed by atoms with van der Waals surface area (Å²) in [5.74, 6) is 3.72. The van der Waals surface area contributed by atoms with Gasteiger partial charge in [0.15, 0.2) is 11.5 Å². The summed E-state index contributed by atoms with van der Waals surface area (Å²) in [6.07, 6.45) is 2.40. The van der Waals surface area contributed by atoms with Gasteiger partial charge in [0.2, 0.25) is 0 Å². The minimum Gasteiger partial charge on any atom is -0.493 e. The molecular formula is C23H21N3O2S2. The molecule has 1 aliphatic rings. The van der Waals surface area contributed by atoms with Gasteiger partial charge in [0, 0.05) is 28.0 Å². The second kappa shape index (κ2) is 8.24. The molecule has 0 radical (unpaired) electrons. The Labute approximate surface area is 183 Å². The van der Waals surface area contributed by atoms with Gasteiger partial charge in [-0.25, -0.2) is 15.0 Å². The highest BCUT2D eigenvalue weighted by molar-refractivity contribution is 7.98. The van der Waals surface area contributed by atoms with E-state index in [0.717, 1.165) is 49.5 Å². The second-order valence-electron chi connectivity index (χ2n) is 7.18. The van der Waals surface area contributed by atoms with E-state index in [2.05, 4.69) is 17.5 Å². The molecular weight excluding hydrogens is 414 g/mol. The number of aromatic nitrogens is 3. The molecule has 4 aromatic rings. The number of thiazole rings is 1. The zero-order chi connectivity index (χ0) is 20.5. The van der Waals surface area contributed by atoms with Crippen LogP contribution in [0.2, 0.25) is 0 Å². The third-order valence-electron chi connectivity index (χ3n) is 5.07. The number of para-hydroxylation sites is 1. The van der Waals surface area contributed by atoms with E-state index in [1.165, 1.54) is 12.8 Å². The van der Waals surface area contributed by atoms with Gasteiger partial charge in [-0.05, 0) is 37.1 Å². The van der Waals surface area contributed by atoms with E-state index in [4.69, 9.17) is 24.4 Å². The Hall–Kier alpha value is -2.64. The molecule has 152 valence electrons. The van der Waals surface area contributed by atoms with Gasteiger partial charge < -0.3 is 9.47 Å². The van der Waals surface area contributed by atoms with E-state index < -0.39 is 0 Å². The van der Waals surface area contributed by atoms with E-state index in [1.54, 1.807) is 37.3 Å². The average molecular weight is 436 g/mol. The molecule has 0 bridgehead atoms. The first-order chi connectivity index (χ1) is 14.7. The van der Waals surface area contributed by atoms with Crippen LogP contribution in [0.4, 0.5) is 0 Å². The zero-order valence-electron chi connectivity index (χ0n) is 16.8. The van der Waals surface area contributed by atoms with Crippen molar-refractivity contribution in [3.63, 3.8) is 0 Å². The topological polar surface area (TPSA) is 57.1 Å².